The first-order valence-corrected chi connectivity index (χ1v) is 13.2. The van der Waals surface area contributed by atoms with Crippen molar-refractivity contribution < 1.29 is 18.3 Å². The van der Waals surface area contributed by atoms with Crippen LogP contribution in [0.4, 0.5) is 20.4 Å². The topological polar surface area (TPSA) is 123 Å². The van der Waals surface area contributed by atoms with Crippen LogP contribution in [0.3, 0.4) is 0 Å². The van der Waals surface area contributed by atoms with Crippen molar-refractivity contribution in [2.24, 2.45) is 11.7 Å². The second-order valence-electron chi connectivity index (χ2n) is 10.1. The summed E-state index contributed by atoms with van der Waals surface area (Å²) in [5.41, 5.74) is 9.26. The summed E-state index contributed by atoms with van der Waals surface area (Å²) < 4.78 is 42.3. The number of pyridine rings is 1. The van der Waals surface area contributed by atoms with Crippen LogP contribution in [0.5, 0.6) is 0 Å². The number of nitrogens with one attached hydrogen (secondary N) is 1. The number of hydrogen-bond acceptors (Lipinski definition) is 8. The average Bonchev–Trinajstić information content (AvgIpc) is 3.32. The molecule has 208 valence electrons. The lowest BCUT2D eigenvalue weighted by Gasteiger charge is -2.39. The molecule has 3 aromatic heterocycles. The van der Waals surface area contributed by atoms with Crippen molar-refractivity contribution in [1.82, 2.24) is 19.6 Å². The third-order valence-corrected chi connectivity index (χ3v) is 7.31. The van der Waals surface area contributed by atoms with Crippen molar-refractivity contribution >= 4 is 17.2 Å². The Labute approximate surface area is 231 Å². The van der Waals surface area contributed by atoms with Gasteiger partial charge in [0.05, 0.1) is 66.7 Å². The summed E-state index contributed by atoms with van der Waals surface area (Å²) in [6.45, 7) is 2.59. The zero-order chi connectivity index (χ0) is 28.2. The van der Waals surface area contributed by atoms with Crippen LogP contribution in [0.15, 0.2) is 48.9 Å². The number of methoxy groups -OCH3 is 1. The van der Waals surface area contributed by atoms with Crippen LogP contribution < -0.4 is 11.1 Å². The highest BCUT2D eigenvalue weighted by atomic mass is 19.1. The van der Waals surface area contributed by atoms with E-state index in [0.29, 0.717) is 36.5 Å². The second-order valence-corrected chi connectivity index (χ2v) is 10.1. The quantitative estimate of drug-likeness (QED) is 0.278. The molecular weight excluding hydrogens is 516 g/mol. The number of nitrogens with two attached hydrogens (primary N) is 1. The molecule has 1 fully saturated rings. The predicted octanol–water partition coefficient (Wildman–Crippen LogP) is 5.10. The van der Waals surface area contributed by atoms with Crippen molar-refractivity contribution in [3.05, 3.63) is 71.7 Å². The molecule has 0 amide bonds. The van der Waals surface area contributed by atoms with Gasteiger partial charge in [-0.2, -0.15) is 14.9 Å². The van der Waals surface area contributed by atoms with Crippen LogP contribution in [0, 0.1) is 28.9 Å². The summed E-state index contributed by atoms with van der Waals surface area (Å²) in [4.78, 5) is 8.76. The highest BCUT2D eigenvalue weighted by molar-refractivity contribution is 5.66. The molecule has 1 aromatic carbocycles. The molecule has 4 aromatic rings. The summed E-state index contributed by atoms with van der Waals surface area (Å²) >= 11 is 0. The van der Waals surface area contributed by atoms with Gasteiger partial charge in [-0.1, -0.05) is 6.92 Å². The summed E-state index contributed by atoms with van der Waals surface area (Å²) in [6, 6.07) is 9.66. The molecule has 1 aliphatic carbocycles. The molecule has 5 rings (SSSR count). The van der Waals surface area contributed by atoms with Gasteiger partial charge in [0, 0.05) is 19.3 Å². The maximum Gasteiger partial charge on any atom is 0.229 e. The molecule has 40 heavy (non-hydrogen) atoms. The Balaban J connectivity index is 1.42. The number of hydrogen-bond donors (Lipinski definition) is 2. The SMILES string of the molecule is COCc1cc(F)c(-c2ccc3cnc(Nc4cnccc4C4CC(C)C(OCCC#N)C(N)C4)n3n2)c(F)c1. The Morgan fingerprint density at radius 2 is 1.98 bits per heavy atom. The zero-order valence-corrected chi connectivity index (χ0v) is 22.3. The maximum absolute atomic E-state index is 14.9. The highest BCUT2D eigenvalue weighted by Gasteiger charge is 2.35. The van der Waals surface area contributed by atoms with Crippen molar-refractivity contribution in [2.45, 2.75) is 50.9 Å². The molecule has 11 heteroatoms. The van der Waals surface area contributed by atoms with Gasteiger partial charge in [0.1, 0.15) is 11.6 Å². The monoisotopic (exact) mass is 547 g/mol. The fourth-order valence-corrected chi connectivity index (χ4v) is 5.55. The lowest BCUT2D eigenvalue weighted by molar-refractivity contribution is -0.0198. The minimum absolute atomic E-state index is 0.100. The fraction of sp³-hybridized carbons (Fsp3) is 0.379. The zero-order valence-electron chi connectivity index (χ0n) is 22.3. The van der Waals surface area contributed by atoms with Gasteiger partial charge >= 0.3 is 0 Å². The molecule has 3 N–H and O–H groups in total. The number of ether oxygens (including phenoxy) is 2. The standard InChI is InChI=1S/C29H31F2N7O2/c1-17-10-19(13-24(33)28(17)40-9-3-7-32)21-6-8-34-15-26(21)36-29-35-14-20-4-5-25(37-38(20)29)27-22(30)11-18(16-39-2)12-23(27)31/h4-6,8,11-12,14-15,17,19,24,28H,3,9-10,13,16,33H2,1-2H3,(H,35,36). The van der Waals surface area contributed by atoms with Crippen LogP contribution in [0.1, 0.15) is 43.2 Å². The van der Waals surface area contributed by atoms with Gasteiger partial charge in [-0.15, -0.1) is 0 Å². The third kappa shape index (κ3) is 5.65. The largest absolute Gasteiger partial charge is 0.380 e. The van der Waals surface area contributed by atoms with E-state index in [1.165, 1.54) is 23.8 Å². The van der Waals surface area contributed by atoms with Gasteiger partial charge in [0.25, 0.3) is 0 Å². The van der Waals surface area contributed by atoms with Gasteiger partial charge in [0.15, 0.2) is 0 Å². The van der Waals surface area contributed by atoms with E-state index >= 15 is 0 Å². The second kappa shape index (κ2) is 12.0. The van der Waals surface area contributed by atoms with Crippen molar-refractivity contribution in [3.63, 3.8) is 0 Å². The Morgan fingerprint density at radius 1 is 1.18 bits per heavy atom. The number of fused-ring (bicyclic) bond motifs is 1. The summed E-state index contributed by atoms with van der Waals surface area (Å²) in [5.74, 6) is -0.713. The van der Waals surface area contributed by atoms with E-state index in [-0.39, 0.29) is 41.8 Å². The highest BCUT2D eigenvalue weighted by Crippen LogP contribution is 2.40. The number of benzene rings is 1. The van der Waals surface area contributed by atoms with Crippen LogP contribution in [-0.2, 0) is 16.1 Å². The van der Waals surface area contributed by atoms with Crippen molar-refractivity contribution in [3.8, 4) is 17.3 Å². The molecular formula is C29H31F2N7O2. The molecule has 3 heterocycles. The van der Waals surface area contributed by atoms with E-state index in [1.54, 1.807) is 30.7 Å². The Morgan fingerprint density at radius 3 is 2.70 bits per heavy atom. The third-order valence-electron chi connectivity index (χ3n) is 7.31. The Bertz CT molecular complexity index is 1500. The van der Waals surface area contributed by atoms with Gasteiger partial charge in [-0.25, -0.2) is 13.8 Å². The molecule has 0 saturated heterocycles. The first kappa shape index (κ1) is 27.6. The normalized spacial score (nSPS) is 20.9. The average molecular weight is 548 g/mol. The molecule has 1 saturated carbocycles. The summed E-state index contributed by atoms with van der Waals surface area (Å²) in [5, 5.41) is 16.7. The van der Waals surface area contributed by atoms with E-state index < -0.39 is 11.6 Å². The molecule has 4 unspecified atom stereocenters. The van der Waals surface area contributed by atoms with Gasteiger partial charge in [-0.05, 0) is 66.1 Å². The van der Waals surface area contributed by atoms with E-state index in [0.717, 1.165) is 17.7 Å². The molecule has 0 radical (unpaired) electrons. The Hall–Kier alpha value is -3.98. The molecule has 0 spiro atoms. The van der Waals surface area contributed by atoms with Crippen LogP contribution in [0.25, 0.3) is 16.8 Å². The summed E-state index contributed by atoms with van der Waals surface area (Å²) in [7, 11) is 1.47. The first-order chi connectivity index (χ1) is 19.4. The molecule has 0 bridgehead atoms. The van der Waals surface area contributed by atoms with Crippen LogP contribution >= 0.6 is 0 Å². The molecule has 9 nitrogen and oxygen atoms in total. The fourth-order valence-electron chi connectivity index (χ4n) is 5.55. The van der Waals surface area contributed by atoms with Gasteiger partial charge < -0.3 is 20.5 Å². The van der Waals surface area contributed by atoms with Crippen molar-refractivity contribution in [2.75, 3.05) is 19.0 Å². The maximum atomic E-state index is 14.9. The van der Waals surface area contributed by atoms with E-state index in [9.17, 15) is 8.78 Å². The summed E-state index contributed by atoms with van der Waals surface area (Å²) in [6.07, 6.45) is 6.89. The van der Waals surface area contributed by atoms with E-state index in [1.807, 2.05) is 6.07 Å². The van der Waals surface area contributed by atoms with Gasteiger partial charge in [-0.3, -0.25) is 4.98 Å². The first-order valence-electron chi connectivity index (χ1n) is 13.2. The smallest absolute Gasteiger partial charge is 0.229 e. The minimum atomic E-state index is -0.722. The molecule has 4 atom stereocenters. The predicted molar refractivity (Wildman–Crippen MR) is 146 cm³/mol. The number of nitrogens with zero attached hydrogens (tertiary/aromatic N) is 5. The Kier molecular flexibility index (Phi) is 8.30. The number of rotatable bonds is 9. The lowest BCUT2D eigenvalue weighted by atomic mass is 9.74. The number of aromatic nitrogens is 4. The van der Waals surface area contributed by atoms with Gasteiger partial charge in [0.2, 0.25) is 5.95 Å². The van der Waals surface area contributed by atoms with Crippen molar-refractivity contribution in [1.29, 1.82) is 5.26 Å². The minimum Gasteiger partial charge on any atom is -0.380 e. The van der Waals surface area contributed by atoms with Crippen LogP contribution in [-0.4, -0.2) is 45.4 Å². The number of anilines is 2. The van der Waals surface area contributed by atoms with Crippen LogP contribution in [0.2, 0.25) is 0 Å². The number of nitriles is 1. The molecule has 1 aliphatic rings. The number of imidazole rings is 1. The molecule has 0 aliphatic heterocycles. The number of halogens is 2. The van der Waals surface area contributed by atoms with E-state index in [4.69, 9.17) is 20.5 Å². The van der Waals surface area contributed by atoms with E-state index in [2.05, 4.69) is 33.4 Å². The lowest BCUT2D eigenvalue weighted by Crippen LogP contribution is -2.46.